The molecule has 0 bridgehead atoms. The van der Waals surface area contributed by atoms with E-state index in [4.69, 9.17) is 4.74 Å². The lowest BCUT2D eigenvalue weighted by Crippen LogP contribution is -2.16. The van der Waals surface area contributed by atoms with Gasteiger partial charge in [-0.1, -0.05) is 18.2 Å². The molecule has 0 atom stereocenters. The van der Waals surface area contributed by atoms with Gasteiger partial charge in [-0.3, -0.25) is 0 Å². The van der Waals surface area contributed by atoms with Crippen molar-refractivity contribution in [2.75, 3.05) is 11.9 Å². The lowest BCUT2D eigenvalue weighted by Gasteiger charge is -2.18. The monoisotopic (exact) mass is 374 g/mol. The number of hydrogen-bond acceptors (Lipinski definition) is 6. The molecule has 0 saturated heterocycles. The molecule has 0 amide bonds. The van der Waals surface area contributed by atoms with Crippen LogP contribution in [0.1, 0.15) is 5.69 Å². The number of anilines is 1. The summed E-state index contributed by atoms with van der Waals surface area (Å²) in [5.41, 5.74) is 2.09. The highest BCUT2D eigenvalue weighted by Crippen LogP contribution is 2.25. The van der Waals surface area contributed by atoms with Crippen LogP contribution in [-0.2, 0) is 6.54 Å². The summed E-state index contributed by atoms with van der Waals surface area (Å²) in [5.74, 6) is 2.31. The first-order valence-electron chi connectivity index (χ1n) is 8.54. The topological polar surface area (TPSA) is 51.1 Å². The van der Waals surface area contributed by atoms with Crippen LogP contribution in [0.4, 0.5) is 5.69 Å². The van der Waals surface area contributed by atoms with Crippen LogP contribution in [0.3, 0.4) is 0 Å². The van der Waals surface area contributed by atoms with E-state index in [9.17, 15) is 0 Å². The first-order valence-corrected chi connectivity index (χ1v) is 9.42. The molecule has 0 fully saturated rings. The summed E-state index contributed by atoms with van der Waals surface area (Å²) in [6, 6.07) is 19.6. The van der Waals surface area contributed by atoms with Gasteiger partial charge in [0, 0.05) is 30.5 Å². The average Bonchev–Trinajstić information content (AvgIpc) is 3.18. The highest BCUT2D eigenvalue weighted by molar-refractivity contribution is 7.13. The van der Waals surface area contributed by atoms with Gasteiger partial charge in [0.15, 0.2) is 10.8 Å². The number of aromatic nitrogens is 3. The van der Waals surface area contributed by atoms with Crippen molar-refractivity contribution >= 4 is 17.0 Å². The second-order valence-corrected chi connectivity index (χ2v) is 6.84. The summed E-state index contributed by atoms with van der Waals surface area (Å²) >= 11 is 1.56. The first-order chi connectivity index (χ1) is 13.3. The maximum Gasteiger partial charge on any atom is 0.188 e. The third-order valence-corrected chi connectivity index (χ3v) is 4.85. The standard InChI is InChI=1S/C21H18N4OS/c1-25(14-16-15-27-21(24-16)20-22-12-5-13-23-20)17-8-10-19(11-9-17)26-18-6-3-2-4-7-18/h2-13,15H,14H2,1H3. The third kappa shape index (κ3) is 4.30. The molecular weight excluding hydrogens is 356 g/mol. The second-order valence-electron chi connectivity index (χ2n) is 5.98. The second kappa shape index (κ2) is 7.97. The maximum absolute atomic E-state index is 5.84. The zero-order chi connectivity index (χ0) is 18.5. The molecule has 134 valence electrons. The highest BCUT2D eigenvalue weighted by Gasteiger charge is 2.09. The lowest BCUT2D eigenvalue weighted by atomic mass is 10.2. The minimum absolute atomic E-state index is 0.666. The Morgan fingerprint density at radius 2 is 1.59 bits per heavy atom. The smallest absolute Gasteiger partial charge is 0.188 e. The highest BCUT2D eigenvalue weighted by atomic mass is 32.1. The van der Waals surface area contributed by atoms with Crippen LogP contribution in [0.2, 0.25) is 0 Å². The van der Waals surface area contributed by atoms with Gasteiger partial charge in [-0.25, -0.2) is 15.0 Å². The number of rotatable bonds is 6. The Hall–Kier alpha value is -3.25. The molecule has 0 unspecified atom stereocenters. The van der Waals surface area contributed by atoms with E-state index in [1.165, 1.54) is 0 Å². The van der Waals surface area contributed by atoms with Crippen molar-refractivity contribution in [3.05, 3.63) is 84.1 Å². The van der Waals surface area contributed by atoms with E-state index in [2.05, 4.69) is 25.2 Å². The Morgan fingerprint density at radius 3 is 2.33 bits per heavy atom. The van der Waals surface area contributed by atoms with Gasteiger partial charge in [-0.05, 0) is 42.5 Å². The molecule has 2 aromatic carbocycles. The molecule has 4 rings (SSSR count). The van der Waals surface area contributed by atoms with Gasteiger partial charge in [0.1, 0.15) is 11.5 Å². The zero-order valence-electron chi connectivity index (χ0n) is 14.8. The van der Waals surface area contributed by atoms with Crippen molar-refractivity contribution in [2.45, 2.75) is 6.54 Å². The van der Waals surface area contributed by atoms with Gasteiger partial charge in [-0.2, -0.15) is 0 Å². The summed E-state index contributed by atoms with van der Waals surface area (Å²) in [6.45, 7) is 0.711. The van der Waals surface area contributed by atoms with Crippen molar-refractivity contribution < 1.29 is 4.74 Å². The summed E-state index contributed by atoms with van der Waals surface area (Å²) in [7, 11) is 2.05. The maximum atomic E-state index is 5.84. The van der Waals surface area contributed by atoms with E-state index < -0.39 is 0 Å². The number of hydrogen-bond donors (Lipinski definition) is 0. The fourth-order valence-corrected chi connectivity index (χ4v) is 3.38. The average molecular weight is 374 g/mol. The van der Waals surface area contributed by atoms with Crippen molar-refractivity contribution in [1.29, 1.82) is 0 Å². The number of ether oxygens (including phenoxy) is 1. The largest absolute Gasteiger partial charge is 0.457 e. The molecule has 0 aliphatic heterocycles. The summed E-state index contributed by atoms with van der Waals surface area (Å²) in [5, 5.41) is 2.89. The predicted molar refractivity (Wildman–Crippen MR) is 108 cm³/mol. The van der Waals surface area contributed by atoms with E-state index in [1.807, 2.05) is 61.6 Å². The van der Waals surface area contributed by atoms with Gasteiger partial charge in [-0.15, -0.1) is 11.3 Å². The molecule has 0 aliphatic carbocycles. The molecule has 5 nitrogen and oxygen atoms in total. The SMILES string of the molecule is CN(Cc1csc(-c2ncccn2)n1)c1ccc(Oc2ccccc2)cc1. The molecule has 0 N–H and O–H groups in total. The fraction of sp³-hybridized carbons (Fsp3) is 0.0952. The van der Waals surface area contributed by atoms with Gasteiger partial charge in [0.05, 0.1) is 12.2 Å². The van der Waals surface area contributed by atoms with Gasteiger partial charge in [0.2, 0.25) is 0 Å². The molecule has 27 heavy (non-hydrogen) atoms. The summed E-state index contributed by atoms with van der Waals surface area (Å²) in [6.07, 6.45) is 3.46. The molecule has 6 heteroatoms. The van der Waals surface area contributed by atoms with Crippen molar-refractivity contribution in [1.82, 2.24) is 15.0 Å². The summed E-state index contributed by atoms with van der Waals surface area (Å²) < 4.78 is 5.84. The molecular formula is C21H18N4OS. The fourth-order valence-electron chi connectivity index (χ4n) is 2.62. The van der Waals surface area contributed by atoms with E-state index in [0.29, 0.717) is 12.4 Å². The normalized spacial score (nSPS) is 10.6. The van der Waals surface area contributed by atoms with Gasteiger partial charge in [0.25, 0.3) is 0 Å². The van der Waals surface area contributed by atoms with Crippen molar-refractivity contribution in [2.24, 2.45) is 0 Å². The van der Waals surface area contributed by atoms with Crippen LogP contribution < -0.4 is 9.64 Å². The first kappa shape index (κ1) is 17.2. The lowest BCUT2D eigenvalue weighted by molar-refractivity contribution is 0.482. The summed E-state index contributed by atoms with van der Waals surface area (Å²) in [4.78, 5) is 15.3. The number of para-hydroxylation sites is 1. The van der Waals surface area contributed by atoms with Crippen LogP contribution in [0.25, 0.3) is 10.8 Å². The Morgan fingerprint density at radius 1 is 0.889 bits per heavy atom. The zero-order valence-corrected chi connectivity index (χ0v) is 15.6. The molecule has 2 aromatic heterocycles. The van der Waals surface area contributed by atoms with Gasteiger partial charge < -0.3 is 9.64 Å². The van der Waals surface area contributed by atoms with Crippen molar-refractivity contribution in [3.63, 3.8) is 0 Å². The predicted octanol–water partition coefficient (Wildman–Crippen LogP) is 5.03. The Labute approximate surface area is 162 Å². The Kier molecular flexibility index (Phi) is 5.07. The molecule has 4 aromatic rings. The van der Waals surface area contributed by atoms with Crippen LogP contribution in [0.5, 0.6) is 11.5 Å². The number of benzene rings is 2. The van der Waals surface area contributed by atoms with Crippen LogP contribution in [0.15, 0.2) is 78.4 Å². The molecule has 0 aliphatic rings. The van der Waals surface area contributed by atoms with Gasteiger partial charge >= 0.3 is 0 Å². The van der Waals surface area contributed by atoms with E-state index >= 15 is 0 Å². The van der Waals surface area contributed by atoms with Crippen molar-refractivity contribution in [3.8, 4) is 22.3 Å². The Bertz CT molecular complexity index is 988. The number of nitrogens with zero attached hydrogens (tertiary/aromatic N) is 4. The number of thiazole rings is 1. The molecule has 0 spiro atoms. The van der Waals surface area contributed by atoms with Crippen LogP contribution >= 0.6 is 11.3 Å². The van der Waals surface area contributed by atoms with E-state index in [-0.39, 0.29) is 0 Å². The molecule has 0 radical (unpaired) electrons. The third-order valence-electron chi connectivity index (χ3n) is 3.96. The van der Waals surface area contributed by atoms with Crippen LogP contribution in [0, 0.1) is 0 Å². The molecule has 0 saturated carbocycles. The van der Waals surface area contributed by atoms with E-state index in [0.717, 1.165) is 27.9 Å². The minimum Gasteiger partial charge on any atom is -0.457 e. The van der Waals surface area contributed by atoms with Crippen LogP contribution in [-0.4, -0.2) is 22.0 Å². The molecule has 2 heterocycles. The Balaban J connectivity index is 1.41. The minimum atomic E-state index is 0.666. The quantitative estimate of drug-likeness (QED) is 0.474. The van der Waals surface area contributed by atoms with E-state index in [1.54, 1.807) is 29.8 Å².